The Labute approximate surface area is 102 Å². The van der Waals surface area contributed by atoms with E-state index in [2.05, 4.69) is 37.7 Å². The van der Waals surface area contributed by atoms with Gasteiger partial charge in [-0.25, -0.2) is 0 Å². The first-order valence-electron chi connectivity index (χ1n) is 6.35. The fourth-order valence-corrected chi connectivity index (χ4v) is 0.925. The van der Waals surface area contributed by atoms with Gasteiger partial charge in [-0.1, -0.05) is 55.4 Å². The van der Waals surface area contributed by atoms with Crippen molar-refractivity contribution < 1.29 is 0 Å². The van der Waals surface area contributed by atoms with Crippen LogP contribution < -0.4 is 0 Å². The lowest BCUT2D eigenvalue weighted by molar-refractivity contribution is 0.564. The van der Waals surface area contributed by atoms with Gasteiger partial charge in [0.15, 0.2) is 0 Å². The Morgan fingerprint density at radius 1 is 0.938 bits per heavy atom. The van der Waals surface area contributed by atoms with Crippen molar-refractivity contribution in [2.75, 3.05) is 0 Å². The Morgan fingerprint density at radius 2 is 1.44 bits per heavy atom. The molecule has 0 fully saturated rings. The molecule has 0 spiro atoms. The van der Waals surface area contributed by atoms with Gasteiger partial charge in [-0.2, -0.15) is 0 Å². The number of aromatic nitrogens is 2. The molecule has 0 bridgehead atoms. The van der Waals surface area contributed by atoms with Crippen molar-refractivity contribution in [1.82, 2.24) is 9.97 Å². The summed E-state index contributed by atoms with van der Waals surface area (Å²) < 4.78 is 0. The van der Waals surface area contributed by atoms with Gasteiger partial charge in [0.05, 0.1) is 11.4 Å². The minimum atomic E-state index is 0.110. The second-order valence-electron chi connectivity index (χ2n) is 4.00. The minimum Gasteiger partial charge on any atom is -0.258 e. The van der Waals surface area contributed by atoms with Crippen molar-refractivity contribution >= 4 is 0 Å². The van der Waals surface area contributed by atoms with Gasteiger partial charge in [-0.15, -0.1) is 0 Å². The quantitative estimate of drug-likeness (QED) is 0.707. The number of aryl methyl sites for hydroxylation is 1. The zero-order chi connectivity index (χ0) is 13.2. The second-order valence-corrected chi connectivity index (χ2v) is 4.00. The molecule has 0 aromatic carbocycles. The van der Waals surface area contributed by atoms with Crippen LogP contribution in [0.3, 0.4) is 0 Å². The van der Waals surface area contributed by atoms with Crippen molar-refractivity contribution in [3.8, 4) is 0 Å². The molecule has 0 saturated carbocycles. The van der Waals surface area contributed by atoms with Gasteiger partial charge in [0.1, 0.15) is 0 Å². The van der Waals surface area contributed by atoms with E-state index in [4.69, 9.17) is 0 Å². The number of nitrogens with zero attached hydrogens (tertiary/aromatic N) is 2. The zero-order valence-corrected chi connectivity index (χ0v) is 12.3. The van der Waals surface area contributed by atoms with Crippen LogP contribution in [0.25, 0.3) is 0 Å². The van der Waals surface area contributed by atoms with Gasteiger partial charge >= 0.3 is 0 Å². The fourth-order valence-electron chi connectivity index (χ4n) is 0.925. The molecular weight excluding hydrogens is 196 g/mol. The van der Waals surface area contributed by atoms with Crippen LogP contribution in [-0.2, 0) is 11.8 Å². The van der Waals surface area contributed by atoms with Gasteiger partial charge in [0.25, 0.3) is 0 Å². The molecule has 1 rings (SSSR count). The number of hydrogen-bond acceptors (Lipinski definition) is 2. The van der Waals surface area contributed by atoms with Crippen molar-refractivity contribution in [2.24, 2.45) is 0 Å². The number of hydrogen-bond donors (Lipinski definition) is 0. The predicted molar refractivity (Wildman–Crippen MR) is 72.8 cm³/mol. The maximum atomic E-state index is 4.36. The van der Waals surface area contributed by atoms with E-state index in [0.29, 0.717) is 0 Å². The summed E-state index contributed by atoms with van der Waals surface area (Å²) in [4.78, 5) is 8.66. The summed E-state index contributed by atoms with van der Waals surface area (Å²) in [7, 11) is 0. The van der Waals surface area contributed by atoms with Gasteiger partial charge in [0, 0.05) is 17.8 Å². The molecule has 0 saturated heterocycles. The van der Waals surface area contributed by atoms with Gasteiger partial charge < -0.3 is 0 Å². The highest BCUT2D eigenvalue weighted by Gasteiger charge is 2.14. The molecule has 0 radical (unpaired) electrons. The molecule has 0 aliphatic carbocycles. The van der Waals surface area contributed by atoms with Crippen LogP contribution in [-0.4, -0.2) is 9.97 Å². The van der Waals surface area contributed by atoms with E-state index in [0.717, 1.165) is 17.8 Å². The molecular formula is C14H28N2. The molecule has 1 aromatic rings. The van der Waals surface area contributed by atoms with E-state index in [9.17, 15) is 0 Å². The van der Waals surface area contributed by atoms with Crippen LogP contribution in [0, 0.1) is 0 Å². The molecule has 1 aromatic heterocycles. The Balaban J connectivity index is 0. The van der Waals surface area contributed by atoms with Crippen LogP contribution in [0.5, 0.6) is 0 Å². The van der Waals surface area contributed by atoms with E-state index in [1.165, 1.54) is 0 Å². The Morgan fingerprint density at radius 3 is 1.69 bits per heavy atom. The molecule has 0 atom stereocenters. The summed E-state index contributed by atoms with van der Waals surface area (Å²) in [5, 5.41) is 0. The summed E-state index contributed by atoms with van der Waals surface area (Å²) >= 11 is 0. The Bertz CT molecular complexity index is 244. The van der Waals surface area contributed by atoms with Crippen LogP contribution >= 0.6 is 0 Å². The molecule has 1 heterocycles. The summed E-state index contributed by atoms with van der Waals surface area (Å²) in [6, 6.07) is 0. The largest absolute Gasteiger partial charge is 0.258 e. The molecule has 94 valence electrons. The normalized spacial score (nSPS) is 9.50. The monoisotopic (exact) mass is 224 g/mol. The number of rotatable bonds is 1. The molecule has 0 N–H and O–H groups in total. The van der Waals surface area contributed by atoms with E-state index >= 15 is 0 Å². The molecule has 0 unspecified atom stereocenters. The Kier molecular flexibility index (Phi) is 10.2. The van der Waals surface area contributed by atoms with E-state index < -0.39 is 0 Å². The third-order valence-electron chi connectivity index (χ3n) is 1.84. The smallest absolute Gasteiger partial charge is 0.0640 e. The maximum Gasteiger partial charge on any atom is 0.0640 e. The van der Waals surface area contributed by atoms with Crippen LogP contribution in [0.15, 0.2) is 12.4 Å². The second kappa shape index (κ2) is 9.32. The molecule has 0 aliphatic heterocycles. The SMILES string of the molecule is CC.CC.CCc1cnc(C(C)(C)C)cn1. The molecule has 0 amide bonds. The van der Waals surface area contributed by atoms with E-state index in [1.54, 1.807) is 0 Å². The Hall–Kier alpha value is -0.920. The topological polar surface area (TPSA) is 25.8 Å². The lowest BCUT2D eigenvalue weighted by atomic mass is 9.93. The third kappa shape index (κ3) is 6.54. The molecule has 2 heteroatoms. The highest BCUT2D eigenvalue weighted by molar-refractivity contribution is 5.10. The molecule has 16 heavy (non-hydrogen) atoms. The van der Waals surface area contributed by atoms with Crippen LogP contribution in [0.1, 0.15) is 66.8 Å². The zero-order valence-electron chi connectivity index (χ0n) is 12.3. The standard InChI is InChI=1S/C10H16N2.2C2H6/c1-5-8-6-12-9(7-11-8)10(2,3)4;2*1-2/h6-7H,5H2,1-4H3;2*1-2H3. The lowest BCUT2D eigenvalue weighted by Crippen LogP contribution is -2.14. The van der Waals surface area contributed by atoms with E-state index in [-0.39, 0.29) is 5.41 Å². The van der Waals surface area contributed by atoms with Crippen LogP contribution in [0.4, 0.5) is 0 Å². The highest BCUT2D eigenvalue weighted by atomic mass is 14.8. The first-order chi connectivity index (χ1) is 7.54. The first-order valence-corrected chi connectivity index (χ1v) is 6.35. The van der Waals surface area contributed by atoms with Gasteiger partial charge in [-0.3, -0.25) is 9.97 Å². The summed E-state index contributed by atoms with van der Waals surface area (Å²) in [5.74, 6) is 0. The molecule has 0 aliphatic rings. The van der Waals surface area contributed by atoms with Crippen molar-refractivity contribution in [2.45, 2.75) is 67.2 Å². The van der Waals surface area contributed by atoms with Gasteiger partial charge in [0.2, 0.25) is 0 Å². The molecule has 2 nitrogen and oxygen atoms in total. The van der Waals surface area contributed by atoms with Crippen molar-refractivity contribution in [3.05, 3.63) is 23.8 Å². The van der Waals surface area contributed by atoms with Crippen molar-refractivity contribution in [1.29, 1.82) is 0 Å². The predicted octanol–water partition coefficient (Wildman–Crippen LogP) is 4.39. The fraction of sp³-hybridized carbons (Fsp3) is 0.714. The van der Waals surface area contributed by atoms with Crippen LogP contribution in [0.2, 0.25) is 0 Å². The average Bonchev–Trinajstić information content (AvgIpc) is 2.33. The first kappa shape index (κ1) is 17.5. The summed E-state index contributed by atoms with van der Waals surface area (Å²) in [5.41, 5.74) is 2.22. The maximum absolute atomic E-state index is 4.36. The van der Waals surface area contributed by atoms with Gasteiger partial charge in [-0.05, 0) is 6.42 Å². The minimum absolute atomic E-state index is 0.110. The summed E-state index contributed by atoms with van der Waals surface area (Å²) in [6.45, 7) is 16.5. The van der Waals surface area contributed by atoms with Crippen molar-refractivity contribution in [3.63, 3.8) is 0 Å². The average molecular weight is 224 g/mol. The summed E-state index contributed by atoms with van der Waals surface area (Å²) in [6.07, 6.45) is 4.69. The lowest BCUT2D eigenvalue weighted by Gasteiger charge is -2.16. The third-order valence-corrected chi connectivity index (χ3v) is 1.84. The van der Waals surface area contributed by atoms with E-state index in [1.807, 2.05) is 40.1 Å². The highest BCUT2D eigenvalue weighted by Crippen LogP contribution is 2.18.